The summed E-state index contributed by atoms with van der Waals surface area (Å²) in [5.41, 5.74) is 0. The maximum atomic E-state index is 13.0. The fraction of sp³-hybridized carbons (Fsp3) is 0.955. The average molecular weight is 1290 g/mol. The number of esters is 3. The molecule has 0 aromatic rings. The summed E-state index contributed by atoms with van der Waals surface area (Å²) in [5, 5.41) is 10.5. The fourth-order valence-electron chi connectivity index (χ4n) is 10.5. The van der Waals surface area contributed by atoms with E-state index in [9.17, 15) is 38.4 Å². The number of unbranched alkanes of at least 4 members (excludes halogenated alkanes) is 42. The van der Waals surface area contributed by atoms with Crippen LogP contribution in [0.2, 0.25) is 0 Å². The first-order valence-corrected chi connectivity index (χ1v) is 38.6. The van der Waals surface area contributed by atoms with Crippen LogP contribution in [0.1, 0.15) is 349 Å². The second-order valence-corrected chi connectivity index (χ2v) is 27.6. The van der Waals surface area contributed by atoms with Gasteiger partial charge in [-0.1, -0.05) is 297 Å². The second-order valence-electron chi connectivity index (χ2n) is 24.7. The molecule has 2 unspecified atom stereocenters. The Balaban J connectivity index is 2.59. The molecule has 1 saturated heterocycles. The van der Waals surface area contributed by atoms with Crippen molar-refractivity contribution >= 4 is 33.6 Å². The van der Waals surface area contributed by atoms with Crippen molar-refractivity contribution in [3.05, 3.63) is 0 Å². The lowest BCUT2D eigenvalue weighted by Gasteiger charge is -2.22. The van der Waals surface area contributed by atoms with Crippen LogP contribution in [0.5, 0.6) is 0 Å². The topological polar surface area (TPSA) is 245 Å². The maximum absolute atomic E-state index is 13.0. The summed E-state index contributed by atoms with van der Waals surface area (Å²) in [7, 11) is -9.84. The van der Waals surface area contributed by atoms with Crippen molar-refractivity contribution in [2.24, 2.45) is 0 Å². The number of rotatable bonds is 69. The van der Waals surface area contributed by atoms with Crippen LogP contribution in [0.25, 0.3) is 0 Å². The molecule has 0 spiro atoms. The summed E-state index contributed by atoms with van der Waals surface area (Å²) in [5.74, 6) is -2.88. The van der Waals surface area contributed by atoms with Gasteiger partial charge in [0.2, 0.25) is 0 Å². The van der Waals surface area contributed by atoms with E-state index in [1.165, 1.54) is 212 Å². The van der Waals surface area contributed by atoms with E-state index in [4.69, 9.17) is 46.8 Å². The highest BCUT2D eigenvalue weighted by atomic mass is 31.2. The summed E-state index contributed by atoms with van der Waals surface area (Å²) in [4.78, 5) is 69.7. The van der Waals surface area contributed by atoms with Crippen molar-refractivity contribution in [1.82, 2.24) is 0 Å². The highest BCUT2D eigenvalue weighted by Gasteiger charge is 2.50. The molecular weight excluding hydrogens is 1150 g/mol. The number of carbonyl (C=O) groups is 3. The molecule has 1 aliphatic rings. The van der Waals surface area contributed by atoms with Gasteiger partial charge in [0.15, 0.2) is 6.10 Å². The lowest BCUT2D eigenvalue weighted by Crippen LogP contribution is -2.31. The van der Waals surface area contributed by atoms with Crippen molar-refractivity contribution in [3.63, 3.8) is 0 Å². The van der Waals surface area contributed by atoms with Crippen LogP contribution < -0.4 is 0 Å². The molecule has 0 saturated carbocycles. The molecule has 0 aromatic heterocycles. The molecule has 1 rings (SSSR count). The number of aliphatic hydroxyl groups excluding tert-OH is 1. The third kappa shape index (κ3) is 55.8. The molecule has 0 bridgehead atoms. The van der Waals surface area contributed by atoms with Crippen LogP contribution in [-0.4, -0.2) is 96.7 Å². The molecule has 0 aliphatic carbocycles. The largest absolute Gasteiger partial charge is 0.472 e. The van der Waals surface area contributed by atoms with Crippen molar-refractivity contribution in [3.8, 4) is 0 Å². The normalized spacial score (nSPS) is 15.4. The predicted molar refractivity (Wildman–Crippen MR) is 345 cm³/mol. The number of aliphatic hydroxyl groups is 1. The number of phosphoric ester groups is 2. The van der Waals surface area contributed by atoms with Gasteiger partial charge in [-0.05, 0) is 25.7 Å². The summed E-state index contributed by atoms with van der Waals surface area (Å²) >= 11 is 0. The van der Waals surface area contributed by atoms with Gasteiger partial charge in [0.1, 0.15) is 18.8 Å². The first-order chi connectivity index (χ1) is 42.2. The Bertz CT molecular complexity index is 1690. The molecule has 0 radical (unpaired) electrons. The van der Waals surface area contributed by atoms with E-state index in [0.29, 0.717) is 32.1 Å². The zero-order chi connectivity index (χ0) is 63.6. The van der Waals surface area contributed by atoms with Gasteiger partial charge in [-0.15, -0.1) is 0 Å². The molecule has 5 atom stereocenters. The van der Waals surface area contributed by atoms with E-state index in [-0.39, 0.29) is 25.9 Å². The number of phosphoric acid groups is 2. The highest BCUT2D eigenvalue weighted by Crippen LogP contribution is 2.45. The summed E-state index contributed by atoms with van der Waals surface area (Å²) in [6.45, 7) is 4.92. The number of carbonyl (C=O) groups excluding carboxylic acids is 3. The van der Waals surface area contributed by atoms with Crippen molar-refractivity contribution in [2.45, 2.75) is 373 Å². The van der Waals surface area contributed by atoms with E-state index < -0.39 is 90.9 Å². The minimum Gasteiger partial charge on any atom is -0.462 e. The van der Waals surface area contributed by atoms with Gasteiger partial charge in [-0.2, -0.15) is 9.78 Å². The number of hydrogen-bond donors (Lipinski definition) is 3. The van der Waals surface area contributed by atoms with E-state index in [1.807, 2.05) is 6.92 Å². The van der Waals surface area contributed by atoms with Gasteiger partial charge in [0.05, 0.1) is 33.0 Å². The lowest BCUT2D eigenvalue weighted by atomic mass is 10.0. The van der Waals surface area contributed by atoms with Crippen LogP contribution in [0.4, 0.5) is 0 Å². The Kier molecular flexibility index (Phi) is 55.9. The van der Waals surface area contributed by atoms with Gasteiger partial charge in [-0.25, -0.2) is 9.13 Å². The van der Waals surface area contributed by atoms with Crippen LogP contribution in [-0.2, 0) is 70.3 Å². The van der Waals surface area contributed by atoms with Gasteiger partial charge in [0, 0.05) is 25.7 Å². The molecule has 1 fully saturated rings. The average Bonchev–Trinajstić information content (AvgIpc) is 4.50. The SMILES string of the molecule is CCCCCCCCCCCCCCCCCC(=O)OC[C@H](COP(=O)(O)OC[C@@H](O)COP(=O)(O)OC[C@@H](COC1(CCC)OO1)OC(=O)CCCCCCCCCCCCCCCCC)OC(=O)CCCCCCCCCCCCCCCCC. The minimum absolute atomic E-state index is 0.114. The monoisotopic (exact) mass is 1280 g/mol. The molecule has 0 aromatic carbocycles. The molecule has 20 heteroatoms. The molecular formula is C67H130O18P2. The van der Waals surface area contributed by atoms with Gasteiger partial charge >= 0.3 is 39.5 Å². The third-order valence-corrected chi connectivity index (χ3v) is 17.9. The summed E-state index contributed by atoms with van der Waals surface area (Å²) in [6, 6.07) is 0. The van der Waals surface area contributed by atoms with Gasteiger partial charge in [0.25, 0.3) is 0 Å². The zero-order valence-electron chi connectivity index (χ0n) is 55.7. The Hall–Kier alpha value is -1.53. The highest BCUT2D eigenvalue weighted by molar-refractivity contribution is 7.47. The molecule has 3 N–H and O–H groups in total. The lowest BCUT2D eigenvalue weighted by molar-refractivity contribution is -0.162. The Morgan fingerprint density at radius 2 is 0.598 bits per heavy atom. The molecule has 1 heterocycles. The molecule has 516 valence electrons. The van der Waals surface area contributed by atoms with Crippen molar-refractivity contribution in [1.29, 1.82) is 0 Å². The number of ether oxygens (including phenoxy) is 4. The second kappa shape index (κ2) is 58.3. The molecule has 18 nitrogen and oxygen atoms in total. The first kappa shape index (κ1) is 83.5. The third-order valence-electron chi connectivity index (χ3n) is 16.0. The van der Waals surface area contributed by atoms with E-state index in [1.54, 1.807) is 0 Å². The summed E-state index contributed by atoms with van der Waals surface area (Å²) in [6.07, 6.45) is 51.0. The van der Waals surface area contributed by atoms with Crippen molar-refractivity contribution in [2.75, 3.05) is 39.6 Å². The van der Waals surface area contributed by atoms with Crippen LogP contribution >= 0.6 is 15.6 Å². The predicted octanol–water partition coefficient (Wildman–Crippen LogP) is 19.2. The Morgan fingerprint density at radius 1 is 0.345 bits per heavy atom. The smallest absolute Gasteiger partial charge is 0.462 e. The molecule has 1 aliphatic heterocycles. The van der Waals surface area contributed by atoms with E-state index in [0.717, 1.165) is 57.8 Å². The van der Waals surface area contributed by atoms with Gasteiger partial charge in [-0.3, -0.25) is 32.5 Å². The van der Waals surface area contributed by atoms with Crippen molar-refractivity contribution < 1.29 is 85.2 Å². The van der Waals surface area contributed by atoms with Crippen LogP contribution in [0, 0.1) is 0 Å². The Morgan fingerprint density at radius 3 is 0.874 bits per heavy atom. The quantitative estimate of drug-likeness (QED) is 0.0128. The first-order valence-electron chi connectivity index (χ1n) is 35.7. The van der Waals surface area contributed by atoms with Crippen LogP contribution in [0.15, 0.2) is 0 Å². The van der Waals surface area contributed by atoms with Gasteiger partial charge < -0.3 is 33.8 Å². The van der Waals surface area contributed by atoms with E-state index in [2.05, 4.69) is 20.8 Å². The number of hydrogen-bond acceptors (Lipinski definition) is 16. The molecule has 0 amide bonds. The minimum atomic E-state index is -4.93. The summed E-state index contributed by atoms with van der Waals surface area (Å²) < 4.78 is 68.5. The van der Waals surface area contributed by atoms with Crippen LogP contribution in [0.3, 0.4) is 0 Å². The fourth-order valence-corrected chi connectivity index (χ4v) is 12.1. The standard InChI is InChI=1S/C67H130O18P2/c1-5-9-12-15-18-21-24-27-30-33-36-39-42-45-48-51-64(69)76-57-62(82-65(70)52-49-46-43-40-37-34-31-28-25-22-19-16-13-10-6-2)59-80-86(72,73)78-55-61(68)56-79-87(74,75)81-60-63(58-77-67(54-8-4)84-85-67)83-66(71)53-50-47-44-41-38-35-32-29-26-23-20-17-14-11-7-3/h61-63,68H,5-60H2,1-4H3,(H,72,73)(H,74,75)/t61-,62-,63-/m1/s1. The zero-order valence-corrected chi connectivity index (χ0v) is 57.5. The Labute approximate surface area is 529 Å². The maximum Gasteiger partial charge on any atom is 0.472 e. The van der Waals surface area contributed by atoms with E-state index >= 15 is 0 Å². The molecule has 87 heavy (non-hydrogen) atoms.